The molecule has 0 amide bonds. The van der Waals surface area contributed by atoms with Crippen molar-refractivity contribution in [1.29, 1.82) is 5.26 Å². The van der Waals surface area contributed by atoms with E-state index in [0.717, 1.165) is 25.6 Å². The molecule has 14 heavy (non-hydrogen) atoms. The minimum Gasteiger partial charge on any atom is -0.330 e. The molecule has 0 aromatic rings. The fourth-order valence-corrected chi connectivity index (χ4v) is 3.24. The zero-order valence-electron chi connectivity index (χ0n) is 8.71. The van der Waals surface area contributed by atoms with E-state index in [9.17, 15) is 0 Å². The molecule has 3 nitrogen and oxygen atoms in total. The standard InChI is InChI=1S/C11H19N3/c12-5-2-6-14-7-10-3-1-4-11(10,8-13)9-14/h10H,1-4,6-9,13H2. The van der Waals surface area contributed by atoms with E-state index in [4.69, 9.17) is 11.0 Å². The minimum absolute atomic E-state index is 0.412. The minimum atomic E-state index is 0.412. The third kappa shape index (κ3) is 1.53. The maximum atomic E-state index is 8.55. The second kappa shape index (κ2) is 3.88. The summed E-state index contributed by atoms with van der Waals surface area (Å²) in [6.45, 7) is 4.09. The number of hydrogen-bond acceptors (Lipinski definition) is 3. The molecular formula is C11H19N3. The molecule has 0 spiro atoms. The van der Waals surface area contributed by atoms with E-state index in [-0.39, 0.29) is 0 Å². The number of likely N-dealkylation sites (tertiary alicyclic amines) is 1. The normalized spacial score (nSPS) is 37.0. The van der Waals surface area contributed by atoms with Gasteiger partial charge in [0.15, 0.2) is 0 Å². The summed E-state index contributed by atoms with van der Waals surface area (Å²) in [5, 5.41) is 8.55. The van der Waals surface area contributed by atoms with Crippen LogP contribution < -0.4 is 5.73 Å². The maximum Gasteiger partial charge on any atom is 0.0635 e. The molecule has 2 N–H and O–H groups in total. The van der Waals surface area contributed by atoms with Gasteiger partial charge in [0.25, 0.3) is 0 Å². The van der Waals surface area contributed by atoms with Gasteiger partial charge in [-0.1, -0.05) is 6.42 Å². The maximum absolute atomic E-state index is 8.55. The highest BCUT2D eigenvalue weighted by Crippen LogP contribution is 2.47. The number of nitriles is 1. The molecule has 0 aromatic carbocycles. The molecule has 1 heterocycles. The van der Waals surface area contributed by atoms with Crippen LogP contribution in [0.4, 0.5) is 0 Å². The van der Waals surface area contributed by atoms with Crippen LogP contribution >= 0.6 is 0 Å². The van der Waals surface area contributed by atoms with Crippen LogP contribution in [-0.2, 0) is 0 Å². The van der Waals surface area contributed by atoms with Gasteiger partial charge in [-0.3, -0.25) is 0 Å². The summed E-state index contributed by atoms with van der Waals surface area (Å²) >= 11 is 0. The van der Waals surface area contributed by atoms with E-state index >= 15 is 0 Å². The number of hydrogen-bond donors (Lipinski definition) is 1. The van der Waals surface area contributed by atoms with Gasteiger partial charge in [-0.15, -0.1) is 0 Å². The van der Waals surface area contributed by atoms with E-state index in [0.29, 0.717) is 11.8 Å². The summed E-state index contributed by atoms with van der Waals surface area (Å²) in [6, 6.07) is 2.22. The number of fused-ring (bicyclic) bond motifs is 1. The zero-order valence-corrected chi connectivity index (χ0v) is 8.71. The largest absolute Gasteiger partial charge is 0.330 e. The second-order valence-corrected chi connectivity index (χ2v) is 4.80. The Kier molecular flexibility index (Phi) is 2.76. The van der Waals surface area contributed by atoms with E-state index in [1.54, 1.807) is 0 Å². The van der Waals surface area contributed by atoms with Crippen LogP contribution in [0.15, 0.2) is 0 Å². The Bertz CT molecular complexity index is 245. The van der Waals surface area contributed by atoms with Gasteiger partial charge in [-0.05, 0) is 30.7 Å². The number of nitrogens with zero attached hydrogens (tertiary/aromatic N) is 2. The lowest BCUT2D eigenvalue weighted by Crippen LogP contribution is -2.35. The van der Waals surface area contributed by atoms with Crippen LogP contribution in [0.2, 0.25) is 0 Å². The Morgan fingerprint density at radius 3 is 3.07 bits per heavy atom. The van der Waals surface area contributed by atoms with Gasteiger partial charge in [0.05, 0.1) is 6.07 Å². The van der Waals surface area contributed by atoms with Crippen LogP contribution in [-0.4, -0.2) is 31.1 Å². The van der Waals surface area contributed by atoms with Gasteiger partial charge < -0.3 is 10.6 Å². The smallest absolute Gasteiger partial charge is 0.0635 e. The van der Waals surface area contributed by atoms with Crippen molar-refractivity contribution in [1.82, 2.24) is 4.90 Å². The van der Waals surface area contributed by atoms with Crippen LogP contribution in [0, 0.1) is 22.7 Å². The van der Waals surface area contributed by atoms with Gasteiger partial charge in [-0.25, -0.2) is 0 Å². The molecule has 1 aliphatic heterocycles. The molecule has 0 radical (unpaired) electrons. The summed E-state index contributed by atoms with van der Waals surface area (Å²) in [5.74, 6) is 0.811. The van der Waals surface area contributed by atoms with E-state index in [2.05, 4.69) is 11.0 Å². The molecule has 2 atom stereocenters. The Labute approximate surface area is 85.9 Å². The van der Waals surface area contributed by atoms with E-state index in [1.807, 2.05) is 0 Å². The van der Waals surface area contributed by atoms with Crippen molar-refractivity contribution in [2.45, 2.75) is 25.7 Å². The van der Waals surface area contributed by atoms with Crippen LogP contribution in [0.3, 0.4) is 0 Å². The van der Waals surface area contributed by atoms with Gasteiger partial charge in [0.1, 0.15) is 0 Å². The molecule has 2 aliphatic rings. The first-order valence-corrected chi connectivity index (χ1v) is 5.60. The predicted molar refractivity (Wildman–Crippen MR) is 55.5 cm³/mol. The van der Waals surface area contributed by atoms with Gasteiger partial charge in [0, 0.05) is 26.1 Å². The average molecular weight is 193 g/mol. The van der Waals surface area contributed by atoms with Crippen molar-refractivity contribution < 1.29 is 0 Å². The molecule has 78 valence electrons. The van der Waals surface area contributed by atoms with Crippen molar-refractivity contribution in [3.05, 3.63) is 0 Å². The molecular weight excluding hydrogens is 174 g/mol. The molecule has 0 bridgehead atoms. The number of nitrogens with two attached hydrogens (primary N) is 1. The van der Waals surface area contributed by atoms with E-state index in [1.165, 1.54) is 25.8 Å². The Balaban J connectivity index is 1.95. The monoisotopic (exact) mass is 193 g/mol. The Morgan fingerprint density at radius 2 is 2.43 bits per heavy atom. The van der Waals surface area contributed by atoms with Gasteiger partial charge in [0.2, 0.25) is 0 Å². The summed E-state index contributed by atoms with van der Waals surface area (Å²) in [5.41, 5.74) is 6.32. The first kappa shape index (κ1) is 9.95. The van der Waals surface area contributed by atoms with Crippen molar-refractivity contribution in [3.63, 3.8) is 0 Å². The Morgan fingerprint density at radius 1 is 1.57 bits per heavy atom. The molecule has 2 unspecified atom stereocenters. The first-order chi connectivity index (χ1) is 6.80. The van der Waals surface area contributed by atoms with Gasteiger partial charge >= 0.3 is 0 Å². The summed E-state index contributed by atoms with van der Waals surface area (Å²) in [6.07, 6.45) is 4.67. The zero-order chi connectivity index (χ0) is 10.0. The fraction of sp³-hybridized carbons (Fsp3) is 0.909. The lowest BCUT2D eigenvalue weighted by atomic mass is 9.81. The third-order valence-corrected chi connectivity index (χ3v) is 4.06. The summed E-state index contributed by atoms with van der Waals surface area (Å²) < 4.78 is 0. The second-order valence-electron chi connectivity index (χ2n) is 4.80. The van der Waals surface area contributed by atoms with Crippen LogP contribution in [0.25, 0.3) is 0 Å². The number of rotatable bonds is 3. The summed E-state index contributed by atoms with van der Waals surface area (Å²) in [7, 11) is 0. The highest BCUT2D eigenvalue weighted by molar-refractivity contribution is 5.01. The highest BCUT2D eigenvalue weighted by Gasteiger charge is 2.47. The molecule has 2 rings (SSSR count). The average Bonchev–Trinajstić information content (AvgIpc) is 2.70. The molecule has 1 saturated heterocycles. The molecule has 2 fully saturated rings. The SMILES string of the molecule is N#CCCN1CC2CCCC2(CN)C1. The molecule has 1 saturated carbocycles. The van der Waals surface area contributed by atoms with Crippen molar-refractivity contribution in [3.8, 4) is 6.07 Å². The van der Waals surface area contributed by atoms with E-state index < -0.39 is 0 Å². The predicted octanol–water partition coefficient (Wildman–Crippen LogP) is 0.961. The first-order valence-electron chi connectivity index (χ1n) is 5.60. The molecule has 3 heteroatoms. The quantitative estimate of drug-likeness (QED) is 0.726. The highest BCUT2D eigenvalue weighted by atomic mass is 15.2. The fourth-order valence-electron chi connectivity index (χ4n) is 3.24. The Hall–Kier alpha value is -0.590. The topological polar surface area (TPSA) is 53.0 Å². The van der Waals surface area contributed by atoms with Crippen molar-refractivity contribution in [2.75, 3.05) is 26.2 Å². The lowest BCUT2D eigenvalue weighted by molar-refractivity contribution is 0.251. The van der Waals surface area contributed by atoms with Gasteiger partial charge in [-0.2, -0.15) is 5.26 Å². The van der Waals surface area contributed by atoms with Crippen molar-refractivity contribution in [2.24, 2.45) is 17.1 Å². The molecule has 1 aliphatic carbocycles. The lowest BCUT2D eigenvalue weighted by Gasteiger charge is -2.26. The molecule has 0 aromatic heterocycles. The summed E-state index contributed by atoms with van der Waals surface area (Å²) in [4.78, 5) is 2.43. The van der Waals surface area contributed by atoms with Crippen LogP contribution in [0.5, 0.6) is 0 Å². The van der Waals surface area contributed by atoms with Crippen LogP contribution in [0.1, 0.15) is 25.7 Å². The van der Waals surface area contributed by atoms with Crippen molar-refractivity contribution >= 4 is 0 Å². The third-order valence-electron chi connectivity index (χ3n) is 4.06.